The van der Waals surface area contributed by atoms with Crippen LogP contribution in [0.2, 0.25) is 0 Å². The van der Waals surface area contributed by atoms with Crippen molar-refractivity contribution in [3.63, 3.8) is 0 Å². The quantitative estimate of drug-likeness (QED) is 0.327. The highest BCUT2D eigenvalue weighted by molar-refractivity contribution is 7.81. The molecular formula is C26H36FN3O3S. The van der Waals surface area contributed by atoms with Gasteiger partial charge < -0.3 is 4.74 Å². The molecule has 4 rings (SSSR count). The Hall–Kier alpha value is -1.74. The fourth-order valence-electron chi connectivity index (χ4n) is 4.90. The average molecular weight is 490 g/mol. The van der Waals surface area contributed by atoms with Crippen molar-refractivity contribution < 1.29 is 18.7 Å². The molecule has 2 heterocycles. The van der Waals surface area contributed by atoms with E-state index in [9.17, 15) is 14.0 Å². The van der Waals surface area contributed by atoms with Crippen LogP contribution in [0.3, 0.4) is 0 Å². The maximum atomic E-state index is 14.7. The Labute approximate surface area is 207 Å². The molecular weight excluding hydrogens is 453 g/mol. The first-order valence-electron chi connectivity index (χ1n) is 12.5. The van der Waals surface area contributed by atoms with Crippen molar-refractivity contribution in [2.45, 2.75) is 37.5 Å². The van der Waals surface area contributed by atoms with Crippen LogP contribution in [0.1, 0.15) is 37.8 Å². The predicted molar refractivity (Wildman–Crippen MR) is 133 cm³/mol. The number of carbonyl (C=O) groups is 2. The zero-order chi connectivity index (χ0) is 24.1. The highest BCUT2D eigenvalue weighted by Crippen LogP contribution is 2.39. The van der Waals surface area contributed by atoms with Crippen LogP contribution in [0.5, 0.6) is 0 Å². The average Bonchev–Trinajstić information content (AvgIpc) is 3.67. The lowest BCUT2D eigenvalue weighted by Crippen LogP contribution is -2.48. The summed E-state index contributed by atoms with van der Waals surface area (Å²) in [5.74, 6) is -0.249. The van der Waals surface area contributed by atoms with Gasteiger partial charge >= 0.3 is 5.97 Å². The van der Waals surface area contributed by atoms with Gasteiger partial charge in [-0.3, -0.25) is 24.3 Å². The second kappa shape index (κ2) is 11.8. The molecule has 3 aliphatic rings. The van der Waals surface area contributed by atoms with Gasteiger partial charge in [0.2, 0.25) is 0 Å². The summed E-state index contributed by atoms with van der Waals surface area (Å²) in [6.07, 6.45) is 4.91. The first-order chi connectivity index (χ1) is 16.5. The predicted octanol–water partition coefficient (Wildman–Crippen LogP) is 2.96. The molecule has 0 bridgehead atoms. The zero-order valence-corrected chi connectivity index (χ0v) is 20.9. The largest absolute Gasteiger partial charge is 0.465 e. The number of hydrogen-bond acceptors (Lipinski definition) is 7. The Balaban J connectivity index is 1.38. The Bertz CT molecular complexity index is 899. The van der Waals surface area contributed by atoms with Gasteiger partial charge in [-0.15, -0.1) is 0 Å². The van der Waals surface area contributed by atoms with E-state index < -0.39 is 6.04 Å². The third kappa shape index (κ3) is 6.47. The van der Waals surface area contributed by atoms with Crippen LogP contribution in [0.4, 0.5) is 4.39 Å². The number of piperidine rings is 1. The van der Waals surface area contributed by atoms with Crippen molar-refractivity contribution in [2.75, 3.05) is 59.0 Å². The summed E-state index contributed by atoms with van der Waals surface area (Å²) in [6, 6.07) is 6.17. The molecule has 6 nitrogen and oxygen atoms in total. The van der Waals surface area contributed by atoms with Gasteiger partial charge in [0.15, 0.2) is 5.78 Å². The number of Topliss-reactive ketones (excluding diaryl/α,β-unsaturated/α-hetero) is 1. The number of nitrogens with zero attached hydrogens (tertiary/aromatic N) is 3. The van der Waals surface area contributed by atoms with Crippen LogP contribution in [0, 0.1) is 11.7 Å². The number of ketones is 1. The number of thiol groups is 1. The van der Waals surface area contributed by atoms with Gasteiger partial charge in [-0.1, -0.05) is 24.3 Å². The van der Waals surface area contributed by atoms with Gasteiger partial charge in [-0.2, -0.15) is 12.6 Å². The molecule has 34 heavy (non-hydrogen) atoms. The van der Waals surface area contributed by atoms with Gasteiger partial charge in [0.1, 0.15) is 5.82 Å². The van der Waals surface area contributed by atoms with E-state index in [1.807, 2.05) is 13.0 Å². The maximum Gasteiger partial charge on any atom is 0.320 e. The highest BCUT2D eigenvalue weighted by atomic mass is 32.1. The smallest absolute Gasteiger partial charge is 0.320 e. The third-order valence-corrected chi connectivity index (χ3v) is 7.64. The number of likely N-dealkylation sites (tertiary alicyclic amines) is 1. The number of ether oxygens (including phenoxy) is 1. The standard InChI is InChI=1S/C26H36FN3O3S/c1-2-33-24(31)18-29-15-13-28(14-16-29)11-9-20-17-30(12-10-23(20)34)25(26(32)19-7-8-19)21-5-3-4-6-22(21)27/h3-6,9,19,23,25,34H,2,7-8,10-18H2,1H3. The van der Waals surface area contributed by atoms with Gasteiger partial charge in [0.05, 0.1) is 19.2 Å². The number of esters is 1. The zero-order valence-electron chi connectivity index (χ0n) is 20.0. The summed E-state index contributed by atoms with van der Waals surface area (Å²) in [5.41, 5.74) is 1.70. The lowest BCUT2D eigenvalue weighted by molar-refractivity contribution is -0.144. The minimum absolute atomic E-state index is 0.0664. The normalized spacial score (nSPS) is 24.8. The second-order valence-electron chi connectivity index (χ2n) is 9.54. The van der Waals surface area contributed by atoms with E-state index in [1.54, 1.807) is 12.1 Å². The number of rotatable bonds is 9. The second-order valence-corrected chi connectivity index (χ2v) is 10.2. The van der Waals surface area contributed by atoms with Crippen LogP contribution < -0.4 is 0 Å². The third-order valence-electron chi connectivity index (χ3n) is 7.05. The van der Waals surface area contributed by atoms with Crippen LogP contribution in [0.25, 0.3) is 0 Å². The van der Waals surface area contributed by atoms with E-state index in [4.69, 9.17) is 17.4 Å². The molecule has 1 saturated carbocycles. The number of carbonyl (C=O) groups excluding carboxylic acids is 2. The summed E-state index contributed by atoms with van der Waals surface area (Å²) in [4.78, 5) is 31.6. The minimum atomic E-state index is -0.524. The fourth-order valence-corrected chi connectivity index (χ4v) is 5.20. The number of benzene rings is 1. The summed E-state index contributed by atoms with van der Waals surface area (Å²) >= 11 is 4.82. The molecule has 186 valence electrons. The van der Waals surface area contributed by atoms with Crippen molar-refractivity contribution in [1.29, 1.82) is 0 Å². The number of halogens is 1. The molecule has 2 saturated heterocycles. The van der Waals surface area contributed by atoms with E-state index in [0.717, 1.165) is 58.5 Å². The molecule has 0 spiro atoms. The van der Waals surface area contributed by atoms with E-state index in [0.29, 0.717) is 25.3 Å². The topological polar surface area (TPSA) is 53.1 Å². The molecule has 2 aliphatic heterocycles. The number of hydrogen-bond donors (Lipinski definition) is 1. The van der Waals surface area contributed by atoms with Crippen molar-refractivity contribution in [2.24, 2.45) is 5.92 Å². The minimum Gasteiger partial charge on any atom is -0.465 e. The molecule has 1 aliphatic carbocycles. The lowest BCUT2D eigenvalue weighted by Gasteiger charge is -2.38. The highest BCUT2D eigenvalue weighted by Gasteiger charge is 2.40. The van der Waals surface area contributed by atoms with E-state index in [2.05, 4.69) is 20.8 Å². The first kappa shape index (κ1) is 25.4. The molecule has 0 amide bonds. The SMILES string of the molecule is CCOC(=O)CN1CCN(CC=C2CN(C(C(=O)C3CC3)c3ccccc3F)CCC2S)CC1. The lowest BCUT2D eigenvalue weighted by atomic mass is 9.93. The molecule has 2 unspecified atom stereocenters. The maximum absolute atomic E-state index is 14.7. The van der Waals surface area contributed by atoms with E-state index in [1.165, 1.54) is 11.6 Å². The summed E-state index contributed by atoms with van der Waals surface area (Å²) in [5, 5.41) is 0.152. The molecule has 3 fully saturated rings. The molecule has 8 heteroatoms. The molecule has 0 radical (unpaired) electrons. The van der Waals surface area contributed by atoms with Crippen LogP contribution >= 0.6 is 12.6 Å². The van der Waals surface area contributed by atoms with E-state index >= 15 is 0 Å². The van der Waals surface area contributed by atoms with Crippen molar-refractivity contribution in [1.82, 2.24) is 14.7 Å². The van der Waals surface area contributed by atoms with Crippen LogP contribution in [-0.2, 0) is 14.3 Å². The van der Waals surface area contributed by atoms with Crippen molar-refractivity contribution in [3.8, 4) is 0 Å². The van der Waals surface area contributed by atoms with Gasteiger partial charge in [-0.25, -0.2) is 4.39 Å². The van der Waals surface area contributed by atoms with Crippen LogP contribution in [0.15, 0.2) is 35.9 Å². The summed E-state index contributed by atoms with van der Waals surface area (Å²) in [7, 11) is 0. The summed E-state index contributed by atoms with van der Waals surface area (Å²) < 4.78 is 19.8. The fraction of sp³-hybridized carbons (Fsp3) is 0.615. The van der Waals surface area contributed by atoms with Gasteiger partial charge in [0, 0.05) is 62.5 Å². The Kier molecular flexibility index (Phi) is 8.80. The molecule has 0 aromatic heterocycles. The Morgan fingerprint density at radius 3 is 2.50 bits per heavy atom. The molecule has 1 aromatic rings. The Morgan fingerprint density at radius 1 is 1.12 bits per heavy atom. The van der Waals surface area contributed by atoms with Crippen molar-refractivity contribution in [3.05, 3.63) is 47.3 Å². The monoisotopic (exact) mass is 489 g/mol. The summed E-state index contributed by atoms with van der Waals surface area (Å²) in [6.45, 7) is 8.22. The number of piperazine rings is 1. The van der Waals surface area contributed by atoms with Crippen LogP contribution in [-0.4, -0.2) is 90.7 Å². The van der Waals surface area contributed by atoms with Gasteiger partial charge in [0.25, 0.3) is 0 Å². The molecule has 1 aromatic carbocycles. The molecule has 0 N–H and O–H groups in total. The Morgan fingerprint density at radius 2 is 1.82 bits per heavy atom. The van der Waals surface area contributed by atoms with E-state index in [-0.39, 0.29) is 28.7 Å². The first-order valence-corrected chi connectivity index (χ1v) is 13.0. The van der Waals surface area contributed by atoms with Crippen molar-refractivity contribution >= 4 is 24.4 Å². The van der Waals surface area contributed by atoms with Gasteiger partial charge in [-0.05, 0) is 37.8 Å². The molecule has 2 atom stereocenters.